The molecular weight excluding hydrogens is 238 g/mol. The molecule has 1 saturated heterocycles. The molecule has 7 heteroatoms. The highest BCUT2D eigenvalue weighted by Gasteiger charge is 2.30. The Bertz CT molecular complexity index is 432. The lowest BCUT2D eigenvalue weighted by Crippen LogP contribution is -2.42. The lowest BCUT2D eigenvalue weighted by molar-refractivity contribution is -0.384. The summed E-state index contributed by atoms with van der Waals surface area (Å²) < 4.78 is 5.17. The van der Waals surface area contributed by atoms with Crippen LogP contribution in [0.3, 0.4) is 0 Å². The van der Waals surface area contributed by atoms with Crippen LogP contribution in [-0.2, 0) is 4.74 Å². The third-order valence-electron chi connectivity index (χ3n) is 3.03. The average molecular weight is 253 g/mol. The Balaban J connectivity index is 2.03. The highest BCUT2D eigenvalue weighted by atomic mass is 16.6. The maximum absolute atomic E-state index is 10.8. The Morgan fingerprint density at radius 2 is 2.28 bits per heavy atom. The van der Waals surface area contributed by atoms with Crippen LogP contribution in [0.1, 0.15) is 12.8 Å². The number of aromatic nitrogens is 1. The minimum atomic E-state index is -0.866. The van der Waals surface area contributed by atoms with E-state index in [1.54, 1.807) is 0 Å². The van der Waals surface area contributed by atoms with Gasteiger partial charge in [0.15, 0.2) is 0 Å². The Morgan fingerprint density at radius 1 is 1.56 bits per heavy atom. The fraction of sp³-hybridized carbons (Fsp3) is 0.545. The average Bonchev–Trinajstić information content (AvgIpc) is 2.38. The molecule has 0 radical (unpaired) electrons. The number of rotatable bonds is 4. The number of aliphatic hydroxyl groups is 1. The molecule has 2 rings (SSSR count). The van der Waals surface area contributed by atoms with Crippen molar-refractivity contribution in [3.8, 4) is 0 Å². The second kappa shape index (κ2) is 5.28. The molecule has 1 aromatic heterocycles. The van der Waals surface area contributed by atoms with Crippen molar-refractivity contribution in [1.29, 1.82) is 0 Å². The molecule has 18 heavy (non-hydrogen) atoms. The zero-order valence-corrected chi connectivity index (χ0v) is 9.83. The van der Waals surface area contributed by atoms with Crippen LogP contribution < -0.4 is 5.32 Å². The zero-order chi connectivity index (χ0) is 13.0. The predicted octanol–water partition coefficient (Wildman–Crippen LogP) is 0.943. The summed E-state index contributed by atoms with van der Waals surface area (Å²) in [4.78, 5) is 14.0. The minimum absolute atomic E-state index is 0.0897. The van der Waals surface area contributed by atoms with Gasteiger partial charge in [0.25, 0.3) is 0 Å². The molecule has 0 spiro atoms. The fourth-order valence-corrected chi connectivity index (χ4v) is 1.87. The molecule has 1 aliphatic heterocycles. The summed E-state index contributed by atoms with van der Waals surface area (Å²) in [5, 5.41) is 23.9. The molecule has 0 saturated carbocycles. The summed E-state index contributed by atoms with van der Waals surface area (Å²) in [6, 6.07) is 1.53. The fourth-order valence-electron chi connectivity index (χ4n) is 1.87. The maximum Gasteiger partial charge on any atom is 0.310 e. The van der Waals surface area contributed by atoms with Crippen molar-refractivity contribution < 1.29 is 14.8 Å². The van der Waals surface area contributed by atoms with E-state index in [1.165, 1.54) is 18.5 Å². The van der Waals surface area contributed by atoms with E-state index in [1.807, 2.05) is 0 Å². The molecule has 0 bridgehead atoms. The van der Waals surface area contributed by atoms with E-state index in [9.17, 15) is 15.2 Å². The van der Waals surface area contributed by atoms with Crippen LogP contribution in [0.15, 0.2) is 18.5 Å². The Hall–Kier alpha value is -1.73. The van der Waals surface area contributed by atoms with Gasteiger partial charge in [0.1, 0.15) is 11.9 Å². The SMILES string of the molecule is O=[N+]([O-])c1cnccc1NCC1(O)CCOCC1. The molecular formula is C11H15N3O4. The lowest BCUT2D eigenvalue weighted by Gasteiger charge is -2.32. The van der Waals surface area contributed by atoms with Gasteiger partial charge in [-0.15, -0.1) is 0 Å². The van der Waals surface area contributed by atoms with Crippen molar-refractivity contribution >= 4 is 11.4 Å². The summed E-state index contributed by atoms with van der Waals surface area (Å²) in [6.45, 7) is 1.29. The molecule has 1 fully saturated rings. The number of ether oxygens (including phenoxy) is 1. The van der Waals surface area contributed by atoms with E-state index in [2.05, 4.69) is 10.3 Å². The zero-order valence-electron chi connectivity index (χ0n) is 9.83. The molecule has 0 amide bonds. The van der Waals surface area contributed by atoms with Crippen molar-refractivity contribution in [2.45, 2.75) is 18.4 Å². The Labute approximate surface area is 104 Å². The van der Waals surface area contributed by atoms with Gasteiger partial charge in [-0.3, -0.25) is 15.1 Å². The van der Waals surface area contributed by atoms with Crippen molar-refractivity contribution in [1.82, 2.24) is 4.98 Å². The highest BCUT2D eigenvalue weighted by molar-refractivity contribution is 5.59. The molecule has 1 aliphatic rings. The summed E-state index contributed by atoms with van der Waals surface area (Å²) >= 11 is 0. The standard InChI is InChI=1S/C11H15N3O4/c15-11(2-5-18-6-3-11)8-13-9-1-4-12-7-10(9)14(16)17/h1,4,7,15H,2-3,5-6,8H2,(H,12,13). The van der Waals surface area contributed by atoms with Gasteiger partial charge in [0.05, 0.1) is 10.5 Å². The van der Waals surface area contributed by atoms with Gasteiger partial charge in [-0.25, -0.2) is 0 Å². The van der Waals surface area contributed by atoms with Gasteiger partial charge in [0.2, 0.25) is 0 Å². The quantitative estimate of drug-likeness (QED) is 0.612. The predicted molar refractivity (Wildman–Crippen MR) is 64.4 cm³/mol. The number of hydrogen-bond acceptors (Lipinski definition) is 6. The normalized spacial score (nSPS) is 18.3. The summed E-state index contributed by atoms with van der Waals surface area (Å²) in [5.74, 6) is 0. The summed E-state index contributed by atoms with van der Waals surface area (Å²) in [7, 11) is 0. The van der Waals surface area contributed by atoms with Crippen molar-refractivity contribution in [3.63, 3.8) is 0 Å². The van der Waals surface area contributed by atoms with Crippen LogP contribution in [0.4, 0.5) is 11.4 Å². The third kappa shape index (κ3) is 2.93. The summed E-state index contributed by atoms with van der Waals surface area (Å²) in [6.07, 6.45) is 3.72. The van der Waals surface area contributed by atoms with Gasteiger partial charge in [-0.1, -0.05) is 0 Å². The first kappa shape index (κ1) is 12.7. The molecule has 0 unspecified atom stereocenters. The number of pyridine rings is 1. The molecule has 0 atom stereocenters. The van der Waals surface area contributed by atoms with Crippen LogP contribution in [0.5, 0.6) is 0 Å². The monoisotopic (exact) mass is 253 g/mol. The van der Waals surface area contributed by atoms with Gasteiger partial charge >= 0.3 is 5.69 Å². The van der Waals surface area contributed by atoms with Gasteiger partial charge < -0.3 is 15.2 Å². The van der Waals surface area contributed by atoms with E-state index < -0.39 is 10.5 Å². The van der Waals surface area contributed by atoms with Crippen LogP contribution in [-0.4, -0.2) is 40.4 Å². The van der Waals surface area contributed by atoms with Crippen molar-refractivity contribution in [2.75, 3.05) is 25.1 Å². The number of nitrogens with one attached hydrogen (secondary N) is 1. The van der Waals surface area contributed by atoms with E-state index in [-0.39, 0.29) is 12.2 Å². The Morgan fingerprint density at radius 3 is 2.94 bits per heavy atom. The topological polar surface area (TPSA) is 97.5 Å². The van der Waals surface area contributed by atoms with E-state index in [0.717, 1.165) is 0 Å². The first-order chi connectivity index (χ1) is 8.61. The van der Waals surface area contributed by atoms with Gasteiger partial charge in [-0.2, -0.15) is 0 Å². The van der Waals surface area contributed by atoms with E-state index in [0.29, 0.717) is 31.7 Å². The number of nitro groups is 1. The Kier molecular flexibility index (Phi) is 3.73. The molecule has 1 aromatic rings. The maximum atomic E-state index is 10.8. The van der Waals surface area contributed by atoms with E-state index in [4.69, 9.17) is 4.74 Å². The molecule has 7 nitrogen and oxygen atoms in total. The van der Waals surface area contributed by atoms with E-state index >= 15 is 0 Å². The molecule has 2 heterocycles. The highest BCUT2D eigenvalue weighted by Crippen LogP contribution is 2.25. The van der Waals surface area contributed by atoms with Crippen molar-refractivity contribution in [3.05, 3.63) is 28.6 Å². The summed E-state index contributed by atoms with van der Waals surface area (Å²) in [5.41, 5.74) is -0.585. The molecule has 0 aromatic carbocycles. The first-order valence-electron chi connectivity index (χ1n) is 5.73. The number of nitrogens with zero attached hydrogens (tertiary/aromatic N) is 2. The van der Waals surface area contributed by atoms with Crippen molar-refractivity contribution in [2.24, 2.45) is 0 Å². The number of hydrogen-bond donors (Lipinski definition) is 2. The molecule has 0 aliphatic carbocycles. The largest absolute Gasteiger partial charge is 0.388 e. The van der Waals surface area contributed by atoms with Gasteiger partial charge in [-0.05, 0) is 6.07 Å². The van der Waals surface area contributed by atoms with Crippen LogP contribution in [0.2, 0.25) is 0 Å². The third-order valence-corrected chi connectivity index (χ3v) is 3.03. The minimum Gasteiger partial charge on any atom is -0.388 e. The smallest absolute Gasteiger partial charge is 0.310 e. The molecule has 2 N–H and O–H groups in total. The first-order valence-corrected chi connectivity index (χ1v) is 5.73. The lowest BCUT2D eigenvalue weighted by atomic mass is 9.94. The number of anilines is 1. The van der Waals surface area contributed by atoms with Crippen LogP contribution >= 0.6 is 0 Å². The second-order valence-electron chi connectivity index (χ2n) is 4.34. The van der Waals surface area contributed by atoms with Crippen LogP contribution in [0, 0.1) is 10.1 Å². The van der Waals surface area contributed by atoms with Gasteiger partial charge in [0, 0.05) is 38.8 Å². The molecule has 98 valence electrons. The second-order valence-corrected chi connectivity index (χ2v) is 4.34. The van der Waals surface area contributed by atoms with Crippen LogP contribution in [0.25, 0.3) is 0 Å².